The Morgan fingerprint density at radius 3 is 2.71 bits per heavy atom. The summed E-state index contributed by atoms with van der Waals surface area (Å²) in [5, 5.41) is 8.63. The summed E-state index contributed by atoms with van der Waals surface area (Å²) in [5.74, 6) is -1.03. The second kappa shape index (κ2) is 3.87. The van der Waals surface area contributed by atoms with Crippen LogP contribution in [-0.4, -0.2) is 29.5 Å². The van der Waals surface area contributed by atoms with E-state index >= 15 is 0 Å². The minimum atomic E-state index is -4.40. The highest BCUT2D eigenvalue weighted by Crippen LogP contribution is 2.34. The highest BCUT2D eigenvalue weighted by Gasteiger charge is 2.35. The van der Waals surface area contributed by atoms with Gasteiger partial charge in [0.2, 0.25) is 0 Å². The molecule has 0 bridgehead atoms. The van der Waals surface area contributed by atoms with Crippen molar-refractivity contribution in [1.82, 2.24) is 0 Å². The fourth-order valence-corrected chi connectivity index (χ4v) is 1.76. The molecule has 0 aromatic heterocycles. The molecule has 6 heteroatoms. The monoisotopic (exact) mass is 243 g/mol. The van der Waals surface area contributed by atoms with Crippen LogP contribution in [0.1, 0.15) is 6.42 Å². The van der Waals surface area contributed by atoms with Gasteiger partial charge in [-0.2, -0.15) is 13.2 Å². The number of allylic oxidation sites excluding steroid dienone is 2. The number of carbonyl (C=O) groups is 1. The summed E-state index contributed by atoms with van der Waals surface area (Å²) in [6.07, 6.45) is -0.0575. The van der Waals surface area contributed by atoms with E-state index in [2.05, 4.69) is 4.99 Å². The van der Waals surface area contributed by atoms with Crippen LogP contribution in [0.25, 0.3) is 0 Å². The van der Waals surface area contributed by atoms with Crippen molar-refractivity contribution in [3.05, 3.63) is 34.9 Å². The fourth-order valence-electron chi connectivity index (χ4n) is 1.76. The van der Waals surface area contributed by atoms with Gasteiger partial charge in [-0.3, -0.25) is 9.79 Å². The van der Waals surface area contributed by atoms with Gasteiger partial charge in [0.05, 0.1) is 18.0 Å². The number of aliphatic imine (C=N–C) groups is 1. The van der Waals surface area contributed by atoms with E-state index in [1.807, 2.05) is 0 Å². The number of carboxylic acid groups (broad SMARTS) is 1. The van der Waals surface area contributed by atoms with Gasteiger partial charge in [0.15, 0.2) is 0 Å². The van der Waals surface area contributed by atoms with Crippen molar-refractivity contribution >= 4 is 12.2 Å². The molecule has 0 saturated carbocycles. The molecule has 1 aliphatic carbocycles. The van der Waals surface area contributed by atoms with Crippen molar-refractivity contribution in [2.45, 2.75) is 18.6 Å². The van der Waals surface area contributed by atoms with Gasteiger partial charge in [0.1, 0.15) is 0 Å². The Morgan fingerprint density at radius 2 is 2.12 bits per heavy atom. The average molecular weight is 243 g/mol. The second-order valence-corrected chi connectivity index (χ2v) is 3.73. The Hall–Kier alpha value is -1.85. The van der Waals surface area contributed by atoms with E-state index in [9.17, 15) is 18.0 Å². The van der Waals surface area contributed by atoms with Crippen LogP contribution in [0.5, 0.6) is 0 Å². The van der Waals surface area contributed by atoms with Crippen molar-refractivity contribution in [3.8, 4) is 0 Å². The molecule has 1 aliphatic heterocycles. The van der Waals surface area contributed by atoms with Crippen LogP contribution in [0.4, 0.5) is 13.2 Å². The summed E-state index contributed by atoms with van der Waals surface area (Å²) in [4.78, 5) is 14.4. The maximum atomic E-state index is 12.4. The largest absolute Gasteiger partial charge is 0.481 e. The van der Waals surface area contributed by atoms with Crippen LogP contribution in [0, 0.1) is 0 Å². The molecule has 2 aliphatic rings. The Kier molecular flexibility index (Phi) is 2.65. The van der Waals surface area contributed by atoms with Crippen LogP contribution in [0.15, 0.2) is 39.9 Å². The second-order valence-electron chi connectivity index (χ2n) is 3.73. The minimum Gasteiger partial charge on any atom is -0.481 e. The number of nitrogens with zero attached hydrogens (tertiary/aromatic N) is 1. The maximum Gasteiger partial charge on any atom is 0.416 e. The number of rotatable bonds is 2. The molecule has 0 aromatic rings. The minimum absolute atomic E-state index is 0.227. The van der Waals surface area contributed by atoms with Crippen LogP contribution >= 0.6 is 0 Å². The first kappa shape index (κ1) is 11.6. The fraction of sp³-hybridized carbons (Fsp3) is 0.273. The van der Waals surface area contributed by atoms with Gasteiger partial charge < -0.3 is 5.11 Å². The quantitative estimate of drug-likeness (QED) is 0.808. The Labute approximate surface area is 94.7 Å². The third-order valence-corrected chi connectivity index (χ3v) is 2.53. The molecule has 0 spiro atoms. The normalized spacial score (nSPS) is 22.8. The van der Waals surface area contributed by atoms with E-state index in [1.165, 1.54) is 12.3 Å². The number of fused-ring (bicyclic) bond motifs is 1. The van der Waals surface area contributed by atoms with E-state index in [-0.39, 0.29) is 6.42 Å². The van der Waals surface area contributed by atoms with E-state index in [1.54, 1.807) is 0 Å². The highest BCUT2D eigenvalue weighted by molar-refractivity contribution is 5.91. The Morgan fingerprint density at radius 1 is 1.41 bits per heavy atom. The molecule has 90 valence electrons. The third-order valence-electron chi connectivity index (χ3n) is 2.53. The van der Waals surface area contributed by atoms with Crippen molar-refractivity contribution in [1.29, 1.82) is 0 Å². The molecule has 0 amide bonds. The molecule has 0 unspecified atom stereocenters. The molecule has 2 rings (SSSR count). The SMILES string of the molecule is O=C(O)CC1=C2C=CC(C(F)(F)F)=C[C@@H]2N=C1. The molecule has 0 aromatic carbocycles. The Bertz CT molecular complexity index is 483. The van der Waals surface area contributed by atoms with Crippen LogP contribution in [0.3, 0.4) is 0 Å². The van der Waals surface area contributed by atoms with Gasteiger partial charge in [0.25, 0.3) is 0 Å². The first-order valence-corrected chi connectivity index (χ1v) is 4.83. The Balaban J connectivity index is 2.28. The molecule has 3 nitrogen and oxygen atoms in total. The topological polar surface area (TPSA) is 49.7 Å². The average Bonchev–Trinajstić information content (AvgIpc) is 2.59. The molecule has 0 radical (unpaired) electrons. The van der Waals surface area contributed by atoms with Gasteiger partial charge in [-0.05, 0) is 23.3 Å². The van der Waals surface area contributed by atoms with E-state index in [4.69, 9.17) is 5.11 Å². The van der Waals surface area contributed by atoms with Crippen molar-refractivity contribution in [2.75, 3.05) is 0 Å². The first-order valence-electron chi connectivity index (χ1n) is 4.83. The van der Waals surface area contributed by atoms with E-state index < -0.39 is 23.8 Å². The van der Waals surface area contributed by atoms with Gasteiger partial charge >= 0.3 is 12.1 Å². The predicted octanol–water partition coefficient (Wildman–Crippen LogP) is 2.27. The molecule has 1 atom stereocenters. The zero-order valence-corrected chi connectivity index (χ0v) is 8.53. The van der Waals surface area contributed by atoms with Crippen LogP contribution in [-0.2, 0) is 4.79 Å². The van der Waals surface area contributed by atoms with Gasteiger partial charge in [-0.15, -0.1) is 0 Å². The number of alkyl halides is 3. The van der Waals surface area contributed by atoms with Gasteiger partial charge in [-0.1, -0.05) is 6.08 Å². The zero-order chi connectivity index (χ0) is 12.6. The lowest BCUT2D eigenvalue weighted by atomic mass is 9.95. The lowest BCUT2D eigenvalue weighted by Crippen LogP contribution is -2.16. The van der Waals surface area contributed by atoms with Crippen molar-refractivity contribution in [3.63, 3.8) is 0 Å². The number of aliphatic carboxylic acids is 1. The smallest absolute Gasteiger partial charge is 0.416 e. The summed E-state index contributed by atoms with van der Waals surface area (Å²) in [5.41, 5.74) is 0.233. The predicted molar refractivity (Wildman–Crippen MR) is 54.8 cm³/mol. The molecule has 1 heterocycles. The molecular formula is C11H8F3NO2. The number of carboxylic acids is 1. The molecule has 17 heavy (non-hydrogen) atoms. The number of halogens is 3. The van der Waals surface area contributed by atoms with E-state index in [0.717, 1.165) is 12.2 Å². The first-order chi connectivity index (χ1) is 7.88. The third kappa shape index (κ3) is 2.30. The molecule has 0 saturated heterocycles. The van der Waals surface area contributed by atoms with Crippen molar-refractivity contribution < 1.29 is 23.1 Å². The summed E-state index contributed by atoms with van der Waals surface area (Å²) in [6.45, 7) is 0. The number of hydrogen-bond acceptors (Lipinski definition) is 2. The van der Waals surface area contributed by atoms with Crippen LogP contribution < -0.4 is 0 Å². The summed E-state index contributed by atoms with van der Waals surface area (Å²) in [6, 6.07) is -0.703. The summed E-state index contributed by atoms with van der Waals surface area (Å²) >= 11 is 0. The molecule has 0 fully saturated rings. The molecule has 1 N–H and O–H groups in total. The lowest BCUT2D eigenvalue weighted by Gasteiger charge is -2.16. The lowest BCUT2D eigenvalue weighted by molar-refractivity contribution is -0.136. The van der Waals surface area contributed by atoms with Crippen molar-refractivity contribution in [2.24, 2.45) is 4.99 Å². The summed E-state index contributed by atoms with van der Waals surface area (Å²) < 4.78 is 37.3. The summed E-state index contributed by atoms with van der Waals surface area (Å²) in [7, 11) is 0. The molecular weight excluding hydrogens is 235 g/mol. The van der Waals surface area contributed by atoms with Gasteiger partial charge in [0, 0.05) is 6.21 Å². The maximum absolute atomic E-state index is 12.4. The van der Waals surface area contributed by atoms with Gasteiger partial charge in [-0.25, -0.2) is 0 Å². The van der Waals surface area contributed by atoms with E-state index in [0.29, 0.717) is 11.1 Å². The zero-order valence-electron chi connectivity index (χ0n) is 8.53. The highest BCUT2D eigenvalue weighted by atomic mass is 19.4. The van der Waals surface area contributed by atoms with Crippen LogP contribution in [0.2, 0.25) is 0 Å². The standard InChI is InChI=1S/C11H8F3NO2/c12-11(13,14)7-1-2-8-6(3-10(16)17)5-15-9(8)4-7/h1-2,4-5,9H,3H2,(H,16,17)/t9-/m0/s1. The number of hydrogen-bond donors (Lipinski definition) is 1.